The molecule has 1 atom stereocenters. The van der Waals surface area contributed by atoms with Crippen LogP contribution in [0.5, 0.6) is 5.75 Å². The summed E-state index contributed by atoms with van der Waals surface area (Å²) in [4.78, 5) is 12.7. The van der Waals surface area contributed by atoms with Gasteiger partial charge in [0.15, 0.2) is 6.10 Å². The number of anilines is 1. The van der Waals surface area contributed by atoms with Gasteiger partial charge in [0.1, 0.15) is 5.75 Å². The van der Waals surface area contributed by atoms with E-state index in [1.54, 1.807) is 6.07 Å². The van der Waals surface area contributed by atoms with Crippen molar-refractivity contribution in [1.29, 1.82) is 0 Å². The molecule has 0 spiro atoms. The van der Waals surface area contributed by atoms with Gasteiger partial charge in [-0.25, -0.2) is 8.42 Å². The number of benzene rings is 1. The first kappa shape index (κ1) is 20.0. The van der Waals surface area contributed by atoms with Crippen LogP contribution in [0.25, 0.3) is 0 Å². The summed E-state index contributed by atoms with van der Waals surface area (Å²) in [6, 6.07) is 5.71. The molecule has 0 bridgehead atoms. The van der Waals surface area contributed by atoms with Gasteiger partial charge in [-0.15, -0.1) is 0 Å². The van der Waals surface area contributed by atoms with Gasteiger partial charge in [0, 0.05) is 6.04 Å². The Morgan fingerprint density at radius 3 is 2.44 bits per heavy atom. The average Bonchev–Trinajstić information content (AvgIpc) is 2.59. The number of sulfonamides is 1. The van der Waals surface area contributed by atoms with E-state index >= 15 is 0 Å². The van der Waals surface area contributed by atoms with Gasteiger partial charge < -0.3 is 10.1 Å². The van der Waals surface area contributed by atoms with E-state index in [9.17, 15) is 13.2 Å². The Balaban J connectivity index is 1.86. The molecular weight excluding hydrogens is 364 g/mol. The number of fused-ring (bicyclic) bond motifs is 1. The van der Waals surface area contributed by atoms with E-state index < -0.39 is 16.1 Å². The van der Waals surface area contributed by atoms with Crippen LogP contribution in [0.4, 0.5) is 5.69 Å². The maximum atomic E-state index is 12.7. The van der Waals surface area contributed by atoms with E-state index in [-0.39, 0.29) is 23.9 Å². The average molecular weight is 395 g/mol. The molecule has 1 fully saturated rings. The quantitative estimate of drug-likeness (QED) is 0.855. The molecule has 2 aliphatic rings. The van der Waals surface area contributed by atoms with Crippen molar-refractivity contribution in [2.45, 2.75) is 70.4 Å². The number of carbonyl (C=O) groups excluding carboxylic acids is 1. The summed E-state index contributed by atoms with van der Waals surface area (Å²) < 4.78 is 32.0. The molecule has 1 amide bonds. The third-order valence-corrected chi connectivity index (χ3v) is 6.49. The largest absolute Gasteiger partial charge is 0.476 e. The molecule has 1 unspecified atom stereocenters. The van der Waals surface area contributed by atoms with E-state index in [1.807, 2.05) is 12.1 Å². The maximum absolute atomic E-state index is 12.7. The zero-order valence-corrected chi connectivity index (χ0v) is 17.4. The fraction of sp³-hybridized carbons (Fsp3) is 0.650. The lowest BCUT2D eigenvalue weighted by molar-refractivity contribution is -0.128. The molecular formula is C20H30N2O4S. The van der Waals surface area contributed by atoms with Crippen LogP contribution in [0.3, 0.4) is 0 Å². The van der Waals surface area contributed by atoms with Crippen molar-refractivity contribution >= 4 is 21.6 Å². The lowest BCUT2D eigenvalue weighted by Gasteiger charge is -2.36. The predicted octanol–water partition coefficient (Wildman–Crippen LogP) is 2.96. The molecule has 27 heavy (non-hydrogen) atoms. The molecule has 0 saturated heterocycles. The van der Waals surface area contributed by atoms with Crippen molar-refractivity contribution in [3.05, 3.63) is 23.8 Å². The van der Waals surface area contributed by atoms with Crippen LogP contribution in [0.15, 0.2) is 18.2 Å². The van der Waals surface area contributed by atoms with E-state index in [2.05, 4.69) is 26.1 Å². The number of ether oxygens (including phenoxy) is 1. The molecule has 3 rings (SSSR count). The Morgan fingerprint density at radius 1 is 1.19 bits per heavy atom. The molecule has 1 N–H and O–H groups in total. The third kappa shape index (κ3) is 4.57. The third-order valence-electron chi connectivity index (χ3n) is 5.34. The van der Waals surface area contributed by atoms with Crippen molar-refractivity contribution in [1.82, 2.24) is 5.32 Å². The number of rotatable bonds is 3. The highest BCUT2D eigenvalue weighted by atomic mass is 32.2. The second-order valence-electron chi connectivity index (χ2n) is 8.68. The summed E-state index contributed by atoms with van der Waals surface area (Å²) >= 11 is 0. The van der Waals surface area contributed by atoms with Crippen molar-refractivity contribution in [2.75, 3.05) is 17.1 Å². The Morgan fingerprint density at radius 2 is 1.85 bits per heavy atom. The summed E-state index contributed by atoms with van der Waals surface area (Å²) in [5, 5.41) is 3.04. The second kappa shape index (κ2) is 7.34. The molecule has 1 saturated carbocycles. The number of amides is 1. The molecule has 1 aromatic rings. The summed E-state index contributed by atoms with van der Waals surface area (Å²) in [5.41, 5.74) is 1.41. The summed E-state index contributed by atoms with van der Waals surface area (Å²) in [7, 11) is -3.53. The molecule has 150 valence electrons. The highest BCUT2D eigenvalue weighted by Crippen LogP contribution is 2.38. The lowest BCUT2D eigenvalue weighted by Crippen LogP contribution is -2.52. The predicted molar refractivity (Wildman–Crippen MR) is 107 cm³/mol. The summed E-state index contributed by atoms with van der Waals surface area (Å²) in [6.45, 7) is 6.22. The van der Waals surface area contributed by atoms with Gasteiger partial charge in [-0.2, -0.15) is 0 Å². The Labute approximate surface area is 162 Å². The van der Waals surface area contributed by atoms with Crippen molar-refractivity contribution in [3.63, 3.8) is 0 Å². The molecule has 6 nitrogen and oxygen atoms in total. The summed E-state index contributed by atoms with van der Waals surface area (Å²) in [6.07, 6.45) is 5.71. The molecule has 0 aromatic heterocycles. The van der Waals surface area contributed by atoms with Crippen LogP contribution in [0.2, 0.25) is 0 Å². The molecule has 1 aliphatic carbocycles. The number of carbonyl (C=O) groups is 1. The lowest BCUT2D eigenvalue weighted by atomic mass is 9.86. The number of nitrogens with one attached hydrogen (secondary N) is 1. The van der Waals surface area contributed by atoms with Gasteiger partial charge in [-0.1, -0.05) is 46.1 Å². The van der Waals surface area contributed by atoms with Crippen LogP contribution in [0, 0.1) is 0 Å². The van der Waals surface area contributed by atoms with Crippen LogP contribution in [-0.2, 0) is 20.2 Å². The van der Waals surface area contributed by atoms with E-state index in [0.717, 1.165) is 31.2 Å². The summed E-state index contributed by atoms with van der Waals surface area (Å²) in [5.74, 6) is 0.199. The Bertz CT molecular complexity index is 808. The van der Waals surface area contributed by atoms with Crippen LogP contribution in [-0.4, -0.2) is 39.3 Å². The molecule has 7 heteroatoms. The van der Waals surface area contributed by atoms with E-state index in [1.165, 1.54) is 17.0 Å². The monoisotopic (exact) mass is 394 g/mol. The zero-order valence-electron chi connectivity index (χ0n) is 16.6. The minimum absolute atomic E-state index is 0.00200. The van der Waals surface area contributed by atoms with Gasteiger partial charge in [0.05, 0.1) is 18.5 Å². The first-order chi connectivity index (χ1) is 12.6. The minimum atomic E-state index is -3.53. The number of hydrogen-bond donors (Lipinski definition) is 1. The first-order valence-corrected chi connectivity index (χ1v) is 11.5. The van der Waals surface area contributed by atoms with Crippen molar-refractivity contribution < 1.29 is 17.9 Å². The molecule has 1 aliphatic heterocycles. The second-order valence-corrected chi connectivity index (χ2v) is 10.6. The standard InChI is InChI=1S/C20H30N2O4S/c1-20(2,3)14-10-11-17-16(12-14)22(27(4,24)25)13-18(26-17)19(23)21-15-8-6-5-7-9-15/h10-12,15,18H,5-9,13H2,1-4H3,(H,21,23). The zero-order chi connectivity index (χ0) is 19.8. The molecule has 0 radical (unpaired) electrons. The highest BCUT2D eigenvalue weighted by Gasteiger charge is 2.36. The highest BCUT2D eigenvalue weighted by molar-refractivity contribution is 7.92. The number of hydrogen-bond acceptors (Lipinski definition) is 4. The Hall–Kier alpha value is -1.76. The van der Waals surface area contributed by atoms with Crippen LogP contribution >= 0.6 is 0 Å². The molecule has 1 heterocycles. The maximum Gasteiger partial charge on any atom is 0.263 e. The SMILES string of the molecule is CC(C)(C)c1ccc2c(c1)N(S(C)(=O)=O)CC(C(=O)NC1CCCCC1)O2. The van der Waals surface area contributed by atoms with E-state index in [4.69, 9.17) is 4.74 Å². The van der Waals surface area contributed by atoms with Crippen LogP contribution < -0.4 is 14.4 Å². The van der Waals surface area contributed by atoms with Crippen molar-refractivity contribution in [2.24, 2.45) is 0 Å². The van der Waals surface area contributed by atoms with E-state index in [0.29, 0.717) is 11.4 Å². The van der Waals surface area contributed by atoms with Gasteiger partial charge in [0.2, 0.25) is 10.0 Å². The van der Waals surface area contributed by atoms with Crippen LogP contribution in [0.1, 0.15) is 58.4 Å². The van der Waals surface area contributed by atoms with Gasteiger partial charge in [-0.3, -0.25) is 9.10 Å². The smallest absolute Gasteiger partial charge is 0.263 e. The van der Waals surface area contributed by atoms with Crippen molar-refractivity contribution in [3.8, 4) is 5.75 Å². The minimum Gasteiger partial charge on any atom is -0.476 e. The molecule has 1 aromatic carbocycles. The van der Waals surface area contributed by atoms with Gasteiger partial charge in [0.25, 0.3) is 5.91 Å². The first-order valence-electron chi connectivity index (χ1n) is 9.65. The Kier molecular flexibility index (Phi) is 5.43. The number of nitrogens with zero attached hydrogens (tertiary/aromatic N) is 1. The topological polar surface area (TPSA) is 75.7 Å². The van der Waals surface area contributed by atoms with Gasteiger partial charge in [-0.05, 0) is 36.0 Å². The fourth-order valence-electron chi connectivity index (χ4n) is 3.71. The normalized spacial score (nSPS) is 21.3. The fourth-order valence-corrected chi connectivity index (χ4v) is 4.62. The van der Waals surface area contributed by atoms with Gasteiger partial charge >= 0.3 is 0 Å².